The minimum atomic E-state index is 0.140. The molecular formula is C38H57N13. The van der Waals surface area contributed by atoms with Gasteiger partial charge >= 0.3 is 0 Å². The van der Waals surface area contributed by atoms with Crippen molar-refractivity contribution in [2.45, 2.75) is 155 Å². The number of nitrogens with one attached hydrogen (secondary N) is 1. The zero-order valence-corrected chi connectivity index (χ0v) is 30.8. The van der Waals surface area contributed by atoms with E-state index in [0.717, 1.165) is 25.7 Å². The van der Waals surface area contributed by atoms with Crippen LogP contribution in [0, 0.1) is 22.7 Å². The number of benzene rings is 1. The summed E-state index contributed by atoms with van der Waals surface area (Å²) in [7, 11) is 0. The summed E-state index contributed by atoms with van der Waals surface area (Å²) in [5.41, 5.74) is 13.8. The molecule has 2 aromatic heterocycles. The van der Waals surface area contributed by atoms with Gasteiger partial charge in [-0.05, 0) is 25.0 Å². The van der Waals surface area contributed by atoms with Crippen LogP contribution in [0.25, 0.3) is 0 Å². The van der Waals surface area contributed by atoms with Crippen molar-refractivity contribution in [3.05, 3.63) is 34.4 Å². The lowest BCUT2D eigenvalue weighted by atomic mass is 10.0. The standard InChI is InChI=1S/C38H57N13/c1-3-5-7-9-11-13-15-17-19-21-23-50-37(46-35(41)48-50)44-33-31-25-29(27-39)30(28-40)26-32(31)34(43-33)45-38-47-36(42)49-51(38)24-22-20-18-16-14-12-10-8-6-4-2/h25-26H,3-24H2,1-2H3,(H5,41,42,43,44,45,46,47,48,49). The van der Waals surface area contributed by atoms with Gasteiger partial charge in [0.2, 0.25) is 11.9 Å². The van der Waals surface area contributed by atoms with Crippen LogP contribution in [0.15, 0.2) is 22.1 Å². The van der Waals surface area contributed by atoms with Crippen LogP contribution in [0.3, 0.4) is 0 Å². The minimum absolute atomic E-state index is 0.140. The summed E-state index contributed by atoms with van der Waals surface area (Å²) in [4.78, 5) is 18.4. The molecule has 0 saturated carbocycles. The molecule has 0 aliphatic carbocycles. The molecule has 1 aromatic carbocycles. The van der Waals surface area contributed by atoms with Gasteiger partial charge in [0.05, 0.1) is 11.1 Å². The number of hydrogen-bond donors (Lipinski definition) is 3. The summed E-state index contributed by atoms with van der Waals surface area (Å²) in [6.07, 6.45) is 24.7. The molecule has 4 rings (SSSR count). The number of aromatic nitrogens is 6. The van der Waals surface area contributed by atoms with Crippen LogP contribution >= 0.6 is 0 Å². The molecule has 0 saturated heterocycles. The first kappa shape index (κ1) is 39.0. The molecule has 0 amide bonds. The molecule has 5 N–H and O–H groups in total. The van der Waals surface area contributed by atoms with Gasteiger partial charge in [-0.25, -0.2) is 9.36 Å². The number of hydrogen-bond acceptors (Lipinski definition) is 10. The Bertz CT molecular complexity index is 1550. The second-order valence-corrected chi connectivity index (χ2v) is 13.6. The first-order chi connectivity index (χ1) is 25.0. The van der Waals surface area contributed by atoms with Crippen molar-refractivity contribution in [3.63, 3.8) is 0 Å². The second kappa shape index (κ2) is 21.4. The number of anilines is 2. The number of fused-ring (bicyclic) bond motifs is 1. The maximum Gasteiger partial charge on any atom is 0.251 e. The van der Waals surface area contributed by atoms with E-state index >= 15 is 0 Å². The number of rotatable bonds is 24. The summed E-state index contributed by atoms with van der Waals surface area (Å²) in [5, 5.41) is 31.7. The lowest BCUT2D eigenvalue weighted by Gasteiger charge is -2.05. The molecule has 0 spiro atoms. The Labute approximate surface area is 303 Å². The number of aryl methyl sites for hydroxylation is 2. The van der Waals surface area contributed by atoms with Crippen LogP contribution in [0.2, 0.25) is 0 Å². The van der Waals surface area contributed by atoms with Crippen molar-refractivity contribution in [2.75, 3.05) is 11.5 Å². The average molecular weight is 696 g/mol. The quantitative estimate of drug-likeness (QED) is 0.0770. The number of nitrogens with two attached hydrogens (primary N) is 2. The van der Waals surface area contributed by atoms with Gasteiger partial charge in [0.25, 0.3) is 11.9 Å². The normalized spacial score (nSPS) is 13.8. The number of aliphatic imine (C=N–C) groups is 2. The largest absolute Gasteiger partial charge is 0.366 e. The van der Waals surface area contributed by atoms with Gasteiger partial charge in [-0.2, -0.15) is 30.5 Å². The van der Waals surface area contributed by atoms with Crippen molar-refractivity contribution in [1.29, 1.82) is 10.5 Å². The maximum absolute atomic E-state index is 9.79. The van der Waals surface area contributed by atoms with Gasteiger partial charge in [0.1, 0.15) is 23.8 Å². The second-order valence-electron chi connectivity index (χ2n) is 13.6. The van der Waals surface area contributed by atoms with E-state index in [2.05, 4.69) is 51.5 Å². The van der Waals surface area contributed by atoms with E-state index in [1.165, 1.54) is 103 Å². The molecule has 274 valence electrons. The Morgan fingerprint density at radius 3 is 1.24 bits per heavy atom. The van der Waals surface area contributed by atoms with Gasteiger partial charge in [0.15, 0.2) is 0 Å². The fourth-order valence-corrected chi connectivity index (χ4v) is 6.47. The highest BCUT2D eigenvalue weighted by Crippen LogP contribution is 2.26. The van der Waals surface area contributed by atoms with Crippen LogP contribution in [0.1, 0.15) is 165 Å². The zero-order chi connectivity index (χ0) is 36.3. The van der Waals surface area contributed by atoms with Gasteiger partial charge in [-0.3, -0.25) is 0 Å². The third-order valence-electron chi connectivity index (χ3n) is 9.35. The molecule has 0 bridgehead atoms. The van der Waals surface area contributed by atoms with Crippen molar-refractivity contribution in [1.82, 2.24) is 34.8 Å². The Morgan fingerprint density at radius 1 is 0.569 bits per heavy atom. The predicted molar refractivity (Wildman–Crippen MR) is 204 cm³/mol. The van der Waals surface area contributed by atoms with E-state index in [1.54, 1.807) is 21.5 Å². The molecule has 3 heterocycles. The Balaban J connectivity index is 1.44. The number of nitrogen functional groups attached to an aromatic ring is 2. The highest BCUT2D eigenvalue weighted by molar-refractivity contribution is 6.26. The van der Waals surface area contributed by atoms with Crippen LogP contribution in [0.5, 0.6) is 0 Å². The molecule has 0 radical (unpaired) electrons. The van der Waals surface area contributed by atoms with Crippen LogP contribution in [-0.4, -0.2) is 41.2 Å². The number of nitriles is 2. The molecule has 13 nitrogen and oxygen atoms in total. The number of nitrogens with zero attached hydrogens (tertiary/aromatic N) is 10. The molecule has 1 aliphatic heterocycles. The molecular weight excluding hydrogens is 639 g/mol. The summed E-state index contributed by atoms with van der Waals surface area (Å²) in [6.45, 7) is 5.77. The first-order valence-electron chi connectivity index (χ1n) is 19.3. The van der Waals surface area contributed by atoms with E-state index < -0.39 is 0 Å². The first-order valence-corrected chi connectivity index (χ1v) is 19.3. The highest BCUT2D eigenvalue weighted by Gasteiger charge is 2.28. The molecule has 0 atom stereocenters. The maximum atomic E-state index is 9.79. The third-order valence-corrected chi connectivity index (χ3v) is 9.35. The van der Waals surface area contributed by atoms with Crippen molar-refractivity contribution < 1.29 is 0 Å². The average Bonchev–Trinajstić information content (AvgIpc) is 3.78. The predicted octanol–water partition coefficient (Wildman–Crippen LogP) is 8.38. The fourth-order valence-electron chi connectivity index (χ4n) is 6.47. The highest BCUT2D eigenvalue weighted by atomic mass is 15.4. The summed E-state index contributed by atoms with van der Waals surface area (Å²) in [6, 6.07) is 7.55. The lowest BCUT2D eigenvalue weighted by Crippen LogP contribution is -2.22. The van der Waals surface area contributed by atoms with E-state index in [4.69, 9.17) is 21.5 Å². The summed E-state index contributed by atoms with van der Waals surface area (Å²) in [5.74, 6) is 1.84. The Hall–Kier alpha value is -4.78. The third kappa shape index (κ3) is 12.2. The van der Waals surface area contributed by atoms with E-state index in [1.807, 2.05) is 0 Å². The van der Waals surface area contributed by atoms with Gasteiger partial charge < -0.3 is 16.8 Å². The van der Waals surface area contributed by atoms with Crippen LogP contribution < -0.4 is 16.8 Å². The van der Waals surface area contributed by atoms with Crippen LogP contribution in [0.4, 0.5) is 23.8 Å². The SMILES string of the molecule is CCCCCCCCCCCCn1nc(N)nc1/N=C1\N/C(=N\c2nc(N)nn2CCCCCCCCCCCC)c2cc(C#N)c(C#N)cc21. The Kier molecular flexibility index (Phi) is 16.4. The minimum Gasteiger partial charge on any atom is -0.366 e. The topological polar surface area (TPSA) is 198 Å². The van der Waals surface area contributed by atoms with Gasteiger partial charge in [-0.15, -0.1) is 10.2 Å². The van der Waals surface area contributed by atoms with Crippen molar-refractivity contribution in [2.24, 2.45) is 9.98 Å². The lowest BCUT2D eigenvalue weighted by molar-refractivity contribution is 0.517. The van der Waals surface area contributed by atoms with E-state index in [-0.39, 0.29) is 23.0 Å². The smallest absolute Gasteiger partial charge is 0.251 e. The molecule has 51 heavy (non-hydrogen) atoms. The van der Waals surface area contributed by atoms with Gasteiger partial charge in [-0.1, -0.05) is 129 Å². The Morgan fingerprint density at radius 2 is 0.902 bits per heavy atom. The number of unbranched alkanes of at least 4 members (excludes halogenated alkanes) is 18. The fraction of sp³-hybridized carbons (Fsp3) is 0.632. The van der Waals surface area contributed by atoms with E-state index in [9.17, 15) is 10.5 Å². The molecule has 13 heteroatoms. The molecule has 0 unspecified atom stereocenters. The molecule has 0 fully saturated rings. The van der Waals surface area contributed by atoms with Crippen LogP contribution in [-0.2, 0) is 13.1 Å². The monoisotopic (exact) mass is 695 g/mol. The number of amidine groups is 2. The summed E-state index contributed by atoms with van der Waals surface area (Å²) < 4.78 is 3.45. The zero-order valence-electron chi connectivity index (χ0n) is 30.8. The molecule has 1 aliphatic rings. The van der Waals surface area contributed by atoms with Crippen molar-refractivity contribution in [3.8, 4) is 12.1 Å². The van der Waals surface area contributed by atoms with E-state index in [0.29, 0.717) is 47.8 Å². The molecule has 3 aromatic rings. The van der Waals surface area contributed by atoms with Gasteiger partial charge in [0, 0.05) is 24.2 Å². The van der Waals surface area contributed by atoms with Crippen molar-refractivity contribution >= 4 is 35.5 Å². The summed E-state index contributed by atoms with van der Waals surface area (Å²) >= 11 is 0.